The van der Waals surface area contributed by atoms with Crippen LogP contribution >= 0.6 is 11.6 Å². The van der Waals surface area contributed by atoms with Crippen LogP contribution in [0.5, 0.6) is 0 Å². The minimum absolute atomic E-state index is 0.248. The van der Waals surface area contributed by atoms with Crippen molar-refractivity contribution in [3.8, 4) is 6.07 Å². The molecular weight excluding hydrogens is 306 g/mol. The third-order valence-electron chi connectivity index (χ3n) is 3.05. The lowest BCUT2D eigenvalue weighted by Crippen LogP contribution is -2.01. The van der Waals surface area contributed by atoms with E-state index >= 15 is 0 Å². The average Bonchev–Trinajstić information content (AvgIpc) is 2.88. The predicted octanol–water partition coefficient (Wildman–Crippen LogP) is 3.79. The first-order chi connectivity index (χ1) is 10.6. The Balaban J connectivity index is 2.17. The van der Waals surface area contributed by atoms with Crippen molar-refractivity contribution in [2.75, 3.05) is 5.32 Å². The maximum atomic E-state index is 11.3. The van der Waals surface area contributed by atoms with E-state index in [4.69, 9.17) is 21.3 Å². The number of hydrogen-bond donors (Lipinski definition) is 2. The molecule has 1 aromatic carbocycles. The van der Waals surface area contributed by atoms with Gasteiger partial charge in [0.25, 0.3) is 0 Å². The molecule has 0 aliphatic rings. The minimum Gasteiger partial charge on any atom is -0.475 e. The molecule has 0 unspecified atom stereocenters. The zero-order valence-electron chi connectivity index (χ0n) is 11.0. The van der Waals surface area contributed by atoms with Crippen LogP contribution in [0.2, 0.25) is 5.02 Å². The SMILES string of the molecule is N#Cc1cc(Cl)ccc1Nc1c(C(=O)O)oc2cnccc12. The Morgan fingerprint density at radius 1 is 1.41 bits per heavy atom. The molecule has 3 rings (SSSR count). The van der Waals surface area contributed by atoms with Gasteiger partial charge in [0.05, 0.1) is 17.4 Å². The highest BCUT2D eigenvalue weighted by atomic mass is 35.5. The molecule has 108 valence electrons. The van der Waals surface area contributed by atoms with Gasteiger partial charge in [-0.25, -0.2) is 4.79 Å². The first-order valence-corrected chi connectivity index (χ1v) is 6.54. The van der Waals surface area contributed by atoms with Gasteiger partial charge in [0.15, 0.2) is 5.58 Å². The fourth-order valence-corrected chi connectivity index (χ4v) is 2.25. The summed E-state index contributed by atoms with van der Waals surface area (Å²) >= 11 is 5.85. The molecule has 2 heterocycles. The molecule has 6 nitrogen and oxygen atoms in total. The van der Waals surface area contributed by atoms with Gasteiger partial charge in [-0.1, -0.05) is 11.6 Å². The third-order valence-corrected chi connectivity index (χ3v) is 3.28. The molecular formula is C15H8ClN3O3. The van der Waals surface area contributed by atoms with E-state index in [0.717, 1.165) is 0 Å². The lowest BCUT2D eigenvalue weighted by atomic mass is 10.1. The number of fused-ring (bicyclic) bond motifs is 1. The number of anilines is 2. The summed E-state index contributed by atoms with van der Waals surface area (Å²) in [6.07, 6.45) is 2.96. The molecule has 7 heteroatoms. The molecule has 0 spiro atoms. The predicted molar refractivity (Wildman–Crippen MR) is 80.4 cm³/mol. The molecule has 22 heavy (non-hydrogen) atoms. The number of aromatic carboxylic acids is 1. The van der Waals surface area contributed by atoms with Gasteiger partial charge in [-0.3, -0.25) is 4.98 Å². The van der Waals surface area contributed by atoms with Gasteiger partial charge >= 0.3 is 5.97 Å². The Labute approximate surface area is 129 Å². The molecule has 2 aromatic heterocycles. The van der Waals surface area contributed by atoms with E-state index in [1.807, 2.05) is 6.07 Å². The maximum Gasteiger partial charge on any atom is 0.374 e. The Bertz CT molecular complexity index is 927. The number of carboxylic acids is 1. The van der Waals surface area contributed by atoms with Crippen LogP contribution < -0.4 is 5.32 Å². The maximum absolute atomic E-state index is 11.3. The van der Waals surface area contributed by atoms with Crippen molar-refractivity contribution in [3.63, 3.8) is 0 Å². The molecule has 0 bridgehead atoms. The minimum atomic E-state index is -1.22. The zero-order chi connectivity index (χ0) is 15.7. The molecule has 0 saturated carbocycles. The summed E-state index contributed by atoms with van der Waals surface area (Å²) in [7, 11) is 0. The highest BCUT2D eigenvalue weighted by Gasteiger charge is 2.21. The molecule has 0 fully saturated rings. The van der Waals surface area contributed by atoms with Crippen LogP contribution in [0.15, 0.2) is 41.1 Å². The number of rotatable bonds is 3. The summed E-state index contributed by atoms with van der Waals surface area (Å²) in [6.45, 7) is 0. The second-order valence-electron chi connectivity index (χ2n) is 4.41. The third kappa shape index (κ3) is 2.34. The molecule has 2 N–H and O–H groups in total. The summed E-state index contributed by atoms with van der Waals surface area (Å²) in [4.78, 5) is 15.2. The zero-order valence-corrected chi connectivity index (χ0v) is 11.8. The van der Waals surface area contributed by atoms with Crippen LogP contribution in [0.25, 0.3) is 11.0 Å². The number of aromatic nitrogens is 1. The van der Waals surface area contributed by atoms with E-state index < -0.39 is 5.97 Å². The number of hydrogen-bond acceptors (Lipinski definition) is 5. The standard InChI is InChI=1S/C15H8ClN3O3/c16-9-1-2-11(8(5-9)6-17)19-13-10-3-4-18-7-12(10)22-14(13)15(20)21/h1-5,7,19H,(H,20,21). The Morgan fingerprint density at radius 2 is 2.23 bits per heavy atom. The fourth-order valence-electron chi connectivity index (χ4n) is 2.08. The molecule has 0 atom stereocenters. The van der Waals surface area contributed by atoms with E-state index in [9.17, 15) is 9.90 Å². The van der Waals surface area contributed by atoms with E-state index in [0.29, 0.717) is 27.2 Å². The van der Waals surface area contributed by atoms with Gasteiger partial charge in [-0.05, 0) is 24.3 Å². The van der Waals surface area contributed by atoms with E-state index in [1.54, 1.807) is 18.2 Å². The highest BCUT2D eigenvalue weighted by Crippen LogP contribution is 2.34. The van der Waals surface area contributed by atoms with Crippen molar-refractivity contribution < 1.29 is 14.3 Å². The monoisotopic (exact) mass is 313 g/mol. The van der Waals surface area contributed by atoms with Crippen molar-refractivity contribution in [2.24, 2.45) is 0 Å². The number of carbonyl (C=O) groups is 1. The molecule has 0 aliphatic heterocycles. The second-order valence-corrected chi connectivity index (χ2v) is 4.85. The van der Waals surface area contributed by atoms with Gasteiger partial charge in [0.1, 0.15) is 11.8 Å². The normalized spacial score (nSPS) is 10.4. The highest BCUT2D eigenvalue weighted by molar-refractivity contribution is 6.30. The topological polar surface area (TPSA) is 99.2 Å². The van der Waals surface area contributed by atoms with Crippen molar-refractivity contribution in [2.45, 2.75) is 0 Å². The number of benzene rings is 1. The van der Waals surface area contributed by atoms with Crippen molar-refractivity contribution in [3.05, 3.63) is 53.0 Å². The average molecular weight is 314 g/mol. The van der Waals surface area contributed by atoms with Gasteiger partial charge in [0.2, 0.25) is 5.76 Å². The number of carboxylic acid groups (broad SMARTS) is 1. The van der Waals surface area contributed by atoms with Gasteiger partial charge in [-0.2, -0.15) is 5.26 Å². The first-order valence-electron chi connectivity index (χ1n) is 6.16. The quantitative estimate of drug-likeness (QED) is 0.763. The lowest BCUT2D eigenvalue weighted by Gasteiger charge is -2.08. The summed E-state index contributed by atoms with van der Waals surface area (Å²) in [5, 5.41) is 22.4. The van der Waals surface area contributed by atoms with Crippen LogP contribution in [0.1, 0.15) is 16.1 Å². The van der Waals surface area contributed by atoms with Crippen molar-refractivity contribution in [1.82, 2.24) is 4.98 Å². The van der Waals surface area contributed by atoms with Gasteiger partial charge < -0.3 is 14.8 Å². The van der Waals surface area contributed by atoms with Crippen LogP contribution in [-0.2, 0) is 0 Å². The van der Waals surface area contributed by atoms with Crippen molar-refractivity contribution in [1.29, 1.82) is 5.26 Å². The van der Waals surface area contributed by atoms with E-state index in [1.165, 1.54) is 18.5 Å². The Hall–Kier alpha value is -3.04. The fraction of sp³-hybridized carbons (Fsp3) is 0. The van der Waals surface area contributed by atoms with Crippen LogP contribution in [0, 0.1) is 11.3 Å². The number of furan rings is 1. The van der Waals surface area contributed by atoms with E-state index in [2.05, 4.69) is 10.3 Å². The largest absolute Gasteiger partial charge is 0.475 e. The number of nitriles is 1. The Kier molecular flexibility index (Phi) is 3.41. The summed E-state index contributed by atoms with van der Waals surface area (Å²) in [5.74, 6) is -1.46. The lowest BCUT2D eigenvalue weighted by molar-refractivity contribution is 0.0666. The van der Waals surface area contributed by atoms with Crippen LogP contribution in [0.3, 0.4) is 0 Å². The smallest absolute Gasteiger partial charge is 0.374 e. The summed E-state index contributed by atoms with van der Waals surface area (Å²) in [6, 6.07) is 8.35. The molecule has 0 amide bonds. The molecule has 0 saturated heterocycles. The number of pyridine rings is 1. The molecule has 0 aliphatic carbocycles. The molecule has 3 aromatic rings. The second kappa shape index (κ2) is 5.39. The van der Waals surface area contributed by atoms with Crippen LogP contribution in [0.4, 0.5) is 11.4 Å². The van der Waals surface area contributed by atoms with E-state index in [-0.39, 0.29) is 11.4 Å². The summed E-state index contributed by atoms with van der Waals surface area (Å²) < 4.78 is 5.30. The number of nitrogens with one attached hydrogen (secondary N) is 1. The summed E-state index contributed by atoms with van der Waals surface area (Å²) in [5.41, 5.74) is 1.35. The van der Waals surface area contributed by atoms with Gasteiger partial charge in [0, 0.05) is 16.6 Å². The van der Waals surface area contributed by atoms with Crippen molar-refractivity contribution >= 4 is 39.9 Å². The molecule has 0 radical (unpaired) electrons. The van der Waals surface area contributed by atoms with Crippen LogP contribution in [-0.4, -0.2) is 16.1 Å². The Morgan fingerprint density at radius 3 is 2.95 bits per heavy atom. The first kappa shape index (κ1) is 13.9. The number of halogens is 1. The van der Waals surface area contributed by atoms with Gasteiger partial charge in [-0.15, -0.1) is 0 Å². The number of nitrogens with zero attached hydrogens (tertiary/aromatic N) is 2.